The molecule has 2 aliphatic heterocycles. The van der Waals surface area contributed by atoms with Crippen molar-refractivity contribution in [3.8, 4) is 0 Å². The Morgan fingerprint density at radius 1 is 1.43 bits per heavy atom. The van der Waals surface area contributed by atoms with Crippen molar-refractivity contribution in [2.45, 2.75) is 50.6 Å². The Labute approximate surface area is 84.0 Å². The maximum Gasteiger partial charge on any atom is 0.190 e. The van der Waals surface area contributed by atoms with Crippen LogP contribution in [0.25, 0.3) is 0 Å². The molecule has 0 saturated carbocycles. The summed E-state index contributed by atoms with van der Waals surface area (Å²) in [6, 6.07) is 0. The molecule has 0 amide bonds. The van der Waals surface area contributed by atoms with Gasteiger partial charge in [0, 0.05) is 6.61 Å². The third-order valence-corrected chi connectivity index (χ3v) is 2.37. The molecule has 14 heavy (non-hydrogen) atoms. The minimum Gasteiger partial charge on any atom is -0.396 e. The Hall–Kier alpha value is -0.200. The number of fused-ring (bicyclic) bond motifs is 1. The second-order valence-electron chi connectivity index (χ2n) is 3.99. The van der Waals surface area contributed by atoms with Gasteiger partial charge < -0.3 is 24.4 Å². The van der Waals surface area contributed by atoms with Crippen LogP contribution in [-0.2, 0) is 14.2 Å². The lowest BCUT2D eigenvalue weighted by atomic mass is 10.1. The SMILES string of the molecule is [2H][C@@]1(O)[C@@H](CCO)O[C@@H]2OC(C)(C)O[C@@H]21. The summed E-state index contributed by atoms with van der Waals surface area (Å²) < 4.78 is 23.9. The molecule has 2 aliphatic rings. The third-order valence-electron chi connectivity index (χ3n) is 2.37. The minimum absolute atomic E-state index is 0.144. The topological polar surface area (TPSA) is 68.2 Å². The van der Waals surface area contributed by atoms with Gasteiger partial charge >= 0.3 is 0 Å². The van der Waals surface area contributed by atoms with Crippen LogP contribution in [0.4, 0.5) is 0 Å². The van der Waals surface area contributed by atoms with Gasteiger partial charge in [-0.15, -0.1) is 0 Å². The average Bonchev–Trinajstić information content (AvgIpc) is 2.49. The van der Waals surface area contributed by atoms with Crippen LogP contribution in [0, 0.1) is 0 Å². The smallest absolute Gasteiger partial charge is 0.190 e. The van der Waals surface area contributed by atoms with Crippen molar-refractivity contribution in [3.63, 3.8) is 0 Å². The standard InChI is InChI=1S/C9H16O5/c1-9(2)13-7-6(11)5(3-4-10)12-8(7)14-9/h5-8,10-11H,3-4H2,1-2H3/t5-,6-,7-,8-/m1/s1/i6D. The molecule has 2 rings (SSSR count). The highest BCUT2D eigenvalue weighted by Crippen LogP contribution is 2.37. The predicted molar refractivity (Wildman–Crippen MR) is 46.4 cm³/mol. The Morgan fingerprint density at radius 2 is 2.14 bits per heavy atom. The number of ether oxygens (including phenoxy) is 3. The summed E-state index contributed by atoms with van der Waals surface area (Å²) >= 11 is 0. The maximum atomic E-state index is 9.91. The molecule has 0 aromatic heterocycles. The van der Waals surface area contributed by atoms with Crippen LogP contribution in [0.2, 0.25) is 0 Å². The Balaban J connectivity index is 2.12. The Bertz CT molecular complexity index is 255. The highest BCUT2D eigenvalue weighted by molar-refractivity contribution is 4.92. The van der Waals surface area contributed by atoms with Gasteiger partial charge in [0.2, 0.25) is 0 Å². The van der Waals surface area contributed by atoms with Crippen LogP contribution in [0.3, 0.4) is 0 Å². The van der Waals surface area contributed by atoms with E-state index in [0.717, 1.165) is 0 Å². The first-order chi connectivity index (χ1) is 6.87. The zero-order valence-electron chi connectivity index (χ0n) is 9.27. The maximum absolute atomic E-state index is 9.91. The lowest BCUT2D eigenvalue weighted by Gasteiger charge is -2.22. The zero-order valence-corrected chi connectivity index (χ0v) is 8.27. The molecule has 0 radical (unpaired) electrons. The van der Waals surface area contributed by atoms with Crippen molar-refractivity contribution in [2.24, 2.45) is 0 Å². The highest BCUT2D eigenvalue weighted by Gasteiger charge is 2.53. The summed E-state index contributed by atoms with van der Waals surface area (Å²) in [7, 11) is 0. The monoisotopic (exact) mass is 205 g/mol. The third kappa shape index (κ3) is 1.66. The van der Waals surface area contributed by atoms with Crippen molar-refractivity contribution < 1.29 is 25.8 Å². The van der Waals surface area contributed by atoms with Crippen LogP contribution in [0.15, 0.2) is 0 Å². The van der Waals surface area contributed by atoms with Crippen molar-refractivity contribution in [2.75, 3.05) is 6.61 Å². The summed E-state index contributed by atoms with van der Waals surface area (Å²) in [5.41, 5.74) is 0. The number of aliphatic hydroxyl groups excluding tert-OH is 1. The van der Waals surface area contributed by atoms with Crippen molar-refractivity contribution >= 4 is 0 Å². The highest BCUT2D eigenvalue weighted by atomic mass is 16.8. The molecule has 0 spiro atoms. The van der Waals surface area contributed by atoms with Gasteiger partial charge in [-0.1, -0.05) is 0 Å². The number of aliphatic hydroxyl groups is 2. The van der Waals surface area contributed by atoms with Gasteiger partial charge in [-0.2, -0.15) is 0 Å². The van der Waals surface area contributed by atoms with Crippen molar-refractivity contribution in [1.29, 1.82) is 0 Å². The molecule has 2 saturated heterocycles. The summed E-state index contributed by atoms with van der Waals surface area (Å²) in [6.07, 6.45) is -3.97. The van der Waals surface area contributed by atoms with Crippen LogP contribution >= 0.6 is 0 Å². The Kier molecular flexibility index (Phi) is 2.22. The van der Waals surface area contributed by atoms with Crippen LogP contribution in [0.5, 0.6) is 0 Å². The van der Waals surface area contributed by atoms with Gasteiger partial charge in [-0.3, -0.25) is 0 Å². The first-order valence-corrected chi connectivity index (χ1v) is 4.71. The molecule has 0 aliphatic carbocycles. The average molecular weight is 205 g/mol. The molecule has 0 unspecified atom stereocenters. The van der Waals surface area contributed by atoms with Gasteiger partial charge in [-0.25, -0.2) is 0 Å². The van der Waals surface area contributed by atoms with Crippen molar-refractivity contribution in [1.82, 2.24) is 0 Å². The van der Waals surface area contributed by atoms with E-state index >= 15 is 0 Å². The lowest BCUT2D eigenvalue weighted by molar-refractivity contribution is -0.216. The minimum atomic E-state index is -1.86. The quantitative estimate of drug-likeness (QED) is 0.642. The molecular weight excluding hydrogens is 188 g/mol. The largest absolute Gasteiger partial charge is 0.396 e. The second kappa shape index (κ2) is 3.43. The van der Waals surface area contributed by atoms with E-state index in [0.29, 0.717) is 0 Å². The van der Waals surface area contributed by atoms with E-state index in [1.165, 1.54) is 0 Å². The zero-order chi connectivity index (χ0) is 11.3. The molecule has 0 bridgehead atoms. The molecule has 0 aromatic rings. The van der Waals surface area contributed by atoms with Gasteiger partial charge in [-0.05, 0) is 20.3 Å². The second-order valence-corrected chi connectivity index (χ2v) is 3.99. The molecule has 5 heteroatoms. The van der Waals surface area contributed by atoms with E-state index in [-0.39, 0.29) is 13.0 Å². The first kappa shape index (κ1) is 9.06. The molecule has 2 fully saturated rings. The van der Waals surface area contributed by atoms with E-state index in [2.05, 4.69) is 0 Å². The van der Waals surface area contributed by atoms with E-state index in [1.807, 2.05) is 0 Å². The molecule has 5 nitrogen and oxygen atoms in total. The fourth-order valence-corrected chi connectivity index (χ4v) is 1.78. The fourth-order valence-electron chi connectivity index (χ4n) is 1.78. The van der Waals surface area contributed by atoms with E-state index in [1.54, 1.807) is 13.8 Å². The van der Waals surface area contributed by atoms with Gasteiger partial charge in [0.15, 0.2) is 12.1 Å². The molecule has 2 N–H and O–H groups in total. The lowest BCUT2D eigenvalue weighted by Crippen LogP contribution is -2.34. The number of hydrogen-bond donors (Lipinski definition) is 2. The first-order valence-electron chi connectivity index (χ1n) is 5.21. The van der Waals surface area contributed by atoms with Gasteiger partial charge in [0.25, 0.3) is 0 Å². The normalized spacial score (nSPS) is 51.7. The molecule has 82 valence electrons. The molecule has 2 heterocycles. The van der Waals surface area contributed by atoms with Crippen LogP contribution in [0.1, 0.15) is 21.6 Å². The fraction of sp³-hybridized carbons (Fsp3) is 1.00. The van der Waals surface area contributed by atoms with Crippen molar-refractivity contribution in [3.05, 3.63) is 0 Å². The predicted octanol–water partition coefficient (Wildman–Crippen LogP) is -0.394. The molecular formula is C9H16O5. The van der Waals surface area contributed by atoms with E-state index in [4.69, 9.17) is 20.7 Å². The summed E-state index contributed by atoms with van der Waals surface area (Å²) in [4.78, 5) is 0. The Morgan fingerprint density at radius 3 is 2.71 bits per heavy atom. The number of rotatable bonds is 2. The molecule has 4 atom stereocenters. The van der Waals surface area contributed by atoms with Gasteiger partial charge in [0.05, 0.1) is 7.47 Å². The summed E-state index contributed by atoms with van der Waals surface area (Å²) in [6.45, 7) is 3.26. The van der Waals surface area contributed by atoms with Crippen LogP contribution in [-0.4, -0.2) is 47.2 Å². The van der Waals surface area contributed by atoms with E-state index < -0.39 is 30.4 Å². The summed E-state index contributed by atoms with van der Waals surface area (Å²) in [5.74, 6) is -0.839. The van der Waals surface area contributed by atoms with E-state index in [9.17, 15) is 5.11 Å². The number of hydrogen-bond acceptors (Lipinski definition) is 5. The molecule has 0 aromatic carbocycles. The van der Waals surface area contributed by atoms with Gasteiger partial charge in [0.1, 0.15) is 12.2 Å². The van der Waals surface area contributed by atoms with Crippen LogP contribution < -0.4 is 0 Å². The summed E-state index contributed by atoms with van der Waals surface area (Å²) in [5, 5.41) is 18.7.